The highest BCUT2D eigenvalue weighted by Gasteiger charge is 2.23. The molecule has 0 aromatic heterocycles. The van der Waals surface area contributed by atoms with Crippen LogP contribution in [-0.2, 0) is 10.8 Å². The molecule has 0 spiro atoms. The van der Waals surface area contributed by atoms with Crippen LogP contribution in [0.3, 0.4) is 0 Å². The van der Waals surface area contributed by atoms with Gasteiger partial charge in [-0.1, -0.05) is 174 Å². The molecular weight excluding hydrogens is 893 g/mol. The Balaban J connectivity index is 1.09. The number of hydrogen-bond acceptors (Lipinski definition) is 2. The zero-order chi connectivity index (χ0) is 50.6. The van der Waals surface area contributed by atoms with E-state index in [1.807, 2.05) is 0 Å². The van der Waals surface area contributed by atoms with Gasteiger partial charge in [-0.3, -0.25) is 0 Å². The van der Waals surface area contributed by atoms with Crippen LogP contribution in [0.2, 0.25) is 0 Å². The van der Waals surface area contributed by atoms with E-state index in [-0.39, 0.29) is 10.8 Å². The van der Waals surface area contributed by atoms with Crippen molar-refractivity contribution in [2.45, 2.75) is 66.2 Å². The van der Waals surface area contributed by atoms with E-state index in [9.17, 15) is 0 Å². The summed E-state index contributed by atoms with van der Waals surface area (Å²) in [5.74, 6) is 0. The minimum atomic E-state index is -0.0342. The molecular formula is C72H60N2. The van der Waals surface area contributed by atoms with Gasteiger partial charge in [0, 0.05) is 34.1 Å². The molecule has 0 N–H and O–H groups in total. The quantitative estimate of drug-likeness (QED) is 0.121. The van der Waals surface area contributed by atoms with Crippen LogP contribution in [0.25, 0.3) is 86.2 Å². The summed E-state index contributed by atoms with van der Waals surface area (Å²) in [6.45, 7) is 18.3. The molecule has 0 aliphatic heterocycles. The van der Waals surface area contributed by atoms with E-state index in [4.69, 9.17) is 0 Å². The molecule has 0 saturated carbocycles. The van der Waals surface area contributed by atoms with Crippen LogP contribution in [0.15, 0.2) is 218 Å². The predicted octanol–water partition coefficient (Wildman–Crippen LogP) is 21.1. The molecule has 0 atom stereocenters. The van der Waals surface area contributed by atoms with Gasteiger partial charge in [-0.15, -0.1) is 0 Å². The molecule has 0 aliphatic carbocycles. The van der Waals surface area contributed by atoms with Crippen LogP contribution in [0.4, 0.5) is 34.1 Å². The SMILES string of the molecule is Cc1ccc(N(c2ccc3ccccc3c2)c2ccc3c(c2)c2cc(C(C)(C)C)ccc2c2cc4c5ccc(N(c6ccc(C)cc6)c6ccc7ccccc7c6)cc5c5cc(C(C)(C)C)ccc5c4cc32)cc1. The van der Waals surface area contributed by atoms with Gasteiger partial charge in [0.05, 0.1) is 0 Å². The second-order valence-electron chi connectivity index (χ2n) is 22.8. The van der Waals surface area contributed by atoms with Gasteiger partial charge >= 0.3 is 0 Å². The molecule has 13 rings (SSSR count). The molecule has 0 aliphatic rings. The number of anilines is 6. The van der Waals surface area contributed by atoms with Crippen LogP contribution in [0, 0.1) is 13.8 Å². The Morgan fingerprint density at radius 2 is 0.514 bits per heavy atom. The van der Waals surface area contributed by atoms with E-state index < -0.39 is 0 Å². The summed E-state index contributed by atoms with van der Waals surface area (Å²) in [6, 6.07) is 82.8. The minimum Gasteiger partial charge on any atom is -0.310 e. The van der Waals surface area contributed by atoms with E-state index in [1.54, 1.807) is 0 Å². The molecule has 0 radical (unpaired) electrons. The Labute approximate surface area is 434 Å². The molecule has 2 heteroatoms. The van der Waals surface area contributed by atoms with Crippen LogP contribution in [0.5, 0.6) is 0 Å². The van der Waals surface area contributed by atoms with Crippen molar-refractivity contribution in [1.29, 1.82) is 0 Å². The first-order valence-electron chi connectivity index (χ1n) is 26.2. The lowest BCUT2D eigenvalue weighted by atomic mass is 9.82. The summed E-state index contributed by atoms with van der Waals surface area (Å²) in [6.07, 6.45) is 0. The van der Waals surface area contributed by atoms with Crippen molar-refractivity contribution in [3.63, 3.8) is 0 Å². The lowest BCUT2D eigenvalue weighted by Gasteiger charge is -2.27. The first-order valence-corrected chi connectivity index (χ1v) is 26.2. The van der Waals surface area contributed by atoms with Crippen molar-refractivity contribution in [1.82, 2.24) is 0 Å². The van der Waals surface area contributed by atoms with Crippen LogP contribution in [-0.4, -0.2) is 0 Å². The molecule has 74 heavy (non-hydrogen) atoms. The fraction of sp³-hybridized carbons (Fsp3) is 0.139. The van der Waals surface area contributed by atoms with Crippen molar-refractivity contribution in [2.24, 2.45) is 0 Å². The third-order valence-corrected chi connectivity index (χ3v) is 15.8. The highest BCUT2D eigenvalue weighted by atomic mass is 15.1. The first-order chi connectivity index (χ1) is 35.7. The van der Waals surface area contributed by atoms with Crippen molar-refractivity contribution in [3.8, 4) is 0 Å². The fourth-order valence-electron chi connectivity index (χ4n) is 11.6. The normalized spacial score (nSPS) is 12.3. The van der Waals surface area contributed by atoms with Crippen LogP contribution >= 0.6 is 0 Å². The predicted molar refractivity (Wildman–Crippen MR) is 323 cm³/mol. The summed E-state index contributed by atoms with van der Waals surface area (Å²) in [5.41, 5.74) is 11.9. The van der Waals surface area contributed by atoms with Gasteiger partial charge in [-0.25, -0.2) is 0 Å². The molecule has 0 amide bonds. The smallest absolute Gasteiger partial charge is 0.0468 e. The van der Waals surface area contributed by atoms with Crippen molar-refractivity contribution < 1.29 is 0 Å². The molecule has 0 fully saturated rings. The highest BCUT2D eigenvalue weighted by Crippen LogP contribution is 2.47. The highest BCUT2D eigenvalue weighted by molar-refractivity contribution is 6.33. The average Bonchev–Trinajstić information content (AvgIpc) is 3.42. The first kappa shape index (κ1) is 45.4. The van der Waals surface area contributed by atoms with E-state index in [0.29, 0.717) is 0 Å². The second kappa shape index (κ2) is 17.1. The average molecular weight is 953 g/mol. The summed E-state index contributed by atoms with van der Waals surface area (Å²) in [4.78, 5) is 4.85. The number of nitrogens with zero attached hydrogens (tertiary/aromatic N) is 2. The van der Waals surface area contributed by atoms with Crippen LogP contribution in [0.1, 0.15) is 63.8 Å². The Morgan fingerprint density at radius 3 is 0.878 bits per heavy atom. The molecule has 358 valence electrons. The molecule has 0 heterocycles. The number of aryl methyl sites for hydroxylation is 2. The lowest BCUT2D eigenvalue weighted by Crippen LogP contribution is -2.11. The second-order valence-corrected chi connectivity index (χ2v) is 22.8. The van der Waals surface area contributed by atoms with Gasteiger partial charge in [0.15, 0.2) is 0 Å². The summed E-state index contributed by atoms with van der Waals surface area (Å²) >= 11 is 0. The molecule has 0 unspecified atom stereocenters. The molecule has 2 nitrogen and oxygen atoms in total. The van der Waals surface area contributed by atoms with Crippen LogP contribution < -0.4 is 9.80 Å². The Hall–Kier alpha value is -8.46. The third kappa shape index (κ3) is 7.71. The van der Waals surface area contributed by atoms with E-state index >= 15 is 0 Å². The zero-order valence-electron chi connectivity index (χ0n) is 43.7. The van der Waals surface area contributed by atoms with Gasteiger partial charge in [-0.2, -0.15) is 0 Å². The maximum absolute atomic E-state index is 2.52. The van der Waals surface area contributed by atoms with Gasteiger partial charge in [0.1, 0.15) is 0 Å². The number of fused-ring (bicyclic) bond motifs is 14. The van der Waals surface area contributed by atoms with Gasteiger partial charge in [0.2, 0.25) is 0 Å². The van der Waals surface area contributed by atoms with E-state index in [2.05, 4.69) is 284 Å². The monoisotopic (exact) mass is 952 g/mol. The largest absolute Gasteiger partial charge is 0.310 e. The maximum atomic E-state index is 2.52. The van der Waals surface area contributed by atoms with Gasteiger partial charge in [0.25, 0.3) is 0 Å². The minimum absolute atomic E-state index is 0.0342. The molecule has 13 aromatic carbocycles. The standard InChI is InChI=1S/C72H60N2/c1-45-17-25-53(26-18-45)73(55-29-21-47-13-9-11-15-49(47)37-55)57-31-35-61-65(41-57)63-39-51(71(3,4)5)23-33-59(63)67-44-70-62-36-32-58(42-66(62)64-40-52(72(6,7)8)24-34-60(64)68(70)43-69(61)67)74(54-27-19-46(2)20-28-54)56-30-22-48-14-10-12-16-50(48)38-56/h9-44H,1-8H3. The van der Waals surface area contributed by atoms with Gasteiger partial charge < -0.3 is 9.80 Å². The maximum Gasteiger partial charge on any atom is 0.0468 e. The number of rotatable bonds is 6. The number of benzene rings is 13. The Bertz CT molecular complexity index is 4110. The molecule has 0 saturated heterocycles. The third-order valence-electron chi connectivity index (χ3n) is 15.8. The zero-order valence-corrected chi connectivity index (χ0v) is 43.7. The summed E-state index contributed by atoms with van der Waals surface area (Å²) in [5, 5.41) is 20.1. The van der Waals surface area contributed by atoms with Crippen molar-refractivity contribution in [3.05, 3.63) is 241 Å². The Morgan fingerprint density at radius 1 is 0.230 bits per heavy atom. The Kier molecular flexibility index (Phi) is 10.5. The molecule has 0 bridgehead atoms. The summed E-state index contributed by atoms with van der Waals surface area (Å²) in [7, 11) is 0. The van der Waals surface area contributed by atoms with Gasteiger partial charge in [-0.05, 0) is 219 Å². The topological polar surface area (TPSA) is 6.48 Å². The van der Waals surface area contributed by atoms with Crippen molar-refractivity contribution >= 4 is 120 Å². The van der Waals surface area contributed by atoms with E-state index in [1.165, 1.54) is 108 Å². The molecule has 13 aromatic rings. The lowest BCUT2D eigenvalue weighted by molar-refractivity contribution is 0.591. The number of hydrogen-bond donors (Lipinski definition) is 0. The van der Waals surface area contributed by atoms with Crippen molar-refractivity contribution in [2.75, 3.05) is 9.80 Å². The fourth-order valence-corrected chi connectivity index (χ4v) is 11.6. The van der Waals surface area contributed by atoms with E-state index in [0.717, 1.165) is 34.1 Å². The summed E-state index contributed by atoms with van der Waals surface area (Å²) < 4.78 is 0.